The molecule has 4 nitrogen and oxygen atoms in total. The minimum Gasteiger partial charge on any atom is -0.480 e. The molecule has 0 amide bonds. The predicted octanol–water partition coefficient (Wildman–Crippen LogP) is 2.04. The fourth-order valence-electron chi connectivity index (χ4n) is 1.74. The first-order valence-electron chi connectivity index (χ1n) is 4.89. The van der Waals surface area contributed by atoms with Gasteiger partial charge in [-0.25, -0.2) is 4.98 Å². The number of nitrogens with one attached hydrogen (secondary N) is 1. The fourth-order valence-corrected chi connectivity index (χ4v) is 2.62. The van der Waals surface area contributed by atoms with E-state index < -0.39 is 23.2 Å². The number of carboxylic acids is 1. The summed E-state index contributed by atoms with van der Waals surface area (Å²) < 4.78 is 37.0. The Morgan fingerprint density at radius 2 is 2.24 bits per heavy atom. The summed E-state index contributed by atoms with van der Waals surface area (Å²) in [5.74, 6) is -0.979. The zero-order chi connectivity index (χ0) is 12.6. The van der Waals surface area contributed by atoms with Crippen molar-refractivity contribution in [2.24, 2.45) is 0 Å². The van der Waals surface area contributed by atoms with Gasteiger partial charge >= 0.3 is 12.1 Å². The normalized spacial score (nSPS) is 25.1. The molecule has 1 aromatic rings. The van der Waals surface area contributed by atoms with Gasteiger partial charge in [-0.3, -0.25) is 10.1 Å². The van der Waals surface area contributed by atoms with E-state index >= 15 is 0 Å². The number of nitrogens with zero attached hydrogens (tertiary/aromatic N) is 1. The van der Waals surface area contributed by atoms with Gasteiger partial charge in [0.2, 0.25) is 0 Å². The molecule has 1 aliphatic heterocycles. The second-order valence-electron chi connectivity index (χ2n) is 3.75. The molecule has 17 heavy (non-hydrogen) atoms. The minimum absolute atomic E-state index is 0.343. The number of hydrogen-bond donors (Lipinski definition) is 2. The number of aliphatic carboxylic acids is 1. The second kappa shape index (κ2) is 4.26. The largest absolute Gasteiger partial charge is 0.480 e. The maximum atomic E-state index is 12.3. The Morgan fingerprint density at radius 1 is 1.53 bits per heavy atom. The quantitative estimate of drug-likeness (QED) is 0.860. The second-order valence-corrected chi connectivity index (χ2v) is 4.82. The van der Waals surface area contributed by atoms with Crippen molar-refractivity contribution >= 4 is 17.3 Å². The molecule has 0 aliphatic carbocycles. The molecule has 2 rings (SSSR count). The summed E-state index contributed by atoms with van der Waals surface area (Å²) in [6.07, 6.45) is -2.35. The highest BCUT2D eigenvalue weighted by atomic mass is 32.1. The molecule has 0 aromatic carbocycles. The van der Waals surface area contributed by atoms with Gasteiger partial charge in [0.1, 0.15) is 6.04 Å². The first kappa shape index (κ1) is 12.3. The van der Waals surface area contributed by atoms with Crippen LogP contribution in [0.4, 0.5) is 13.2 Å². The van der Waals surface area contributed by atoms with Crippen molar-refractivity contribution in [3.8, 4) is 0 Å². The van der Waals surface area contributed by atoms with Crippen LogP contribution >= 0.6 is 11.3 Å². The molecule has 0 radical (unpaired) electrons. The lowest BCUT2D eigenvalue weighted by Crippen LogP contribution is -2.31. The topological polar surface area (TPSA) is 62.2 Å². The zero-order valence-electron chi connectivity index (χ0n) is 8.49. The summed E-state index contributed by atoms with van der Waals surface area (Å²) in [7, 11) is 0. The number of carbonyl (C=O) groups is 1. The molecule has 8 heteroatoms. The van der Waals surface area contributed by atoms with E-state index in [0.717, 1.165) is 6.20 Å². The molecule has 1 aromatic heterocycles. The molecule has 1 saturated heterocycles. The van der Waals surface area contributed by atoms with Crippen molar-refractivity contribution in [3.63, 3.8) is 0 Å². The SMILES string of the molecule is O=C(O)C1CCC(c2cnc(C(F)(F)F)s2)N1. The summed E-state index contributed by atoms with van der Waals surface area (Å²) in [5, 5.41) is 10.6. The van der Waals surface area contributed by atoms with E-state index in [9.17, 15) is 18.0 Å². The lowest BCUT2D eigenvalue weighted by Gasteiger charge is -2.08. The molecule has 0 saturated carbocycles. The van der Waals surface area contributed by atoms with Gasteiger partial charge in [0.05, 0.1) is 0 Å². The summed E-state index contributed by atoms with van der Waals surface area (Å²) in [6.45, 7) is 0. The average Bonchev–Trinajstić information content (AvgIpc) is 2.85. The number of alkyl halides is 3. The third-order valence-electron chi connectivity index (χ3n) is 2.55. The highest BCUT2D eigenvalue weighted by Gasteiger charge is 2.37. The first-order valence-corrected chi connectivity index (χ1v) is 5.71. The third-order valence-corrected chi connectivity index (χ3v) is 3.71. The summed E-state index contributed by atoms with van der Waals surface area (Å²) >= 11 is 0.559. The van der Waals surface area contributed by atoms with Gasteiger partial charge in [-0.2, -0.15) is 13.2 Å². The van der Waals surface area contributed by atoms with Gasteiger partial charge in [-0.05, 0) is 12.8 Å². The summed E-state index contributed by atoms with van der Waals surface area (Å²) in [5.41, 5.74) is 0. The Bertz CT molecular complexity index is 432. The molecule has 94 valence electrons. The lowest BCUT2D eigenvalue weighted by molar-refractivity contribution is -0.139. The highest BCUT2D eigenvalue weighted by Crippen LogP contribution is 2.36. The van der Waals surface area contributed by atoms with Crippen LogP contribution in [0, 0.1) is 0 Å². The van der Waals surface area contributed by atoms with Crippen LogP contribution in [0.15, 0.2) is 6.20 Å². The summed E-state index contributed by atoms with van der Waals surface area (Å²) in [4.78, 5) is 14.4. The number of halogens is 3. The third kappa shape index (κ3) is 2.58. The van der Waals surface area contributed by atoms with Gasteiger partial charge in [0.15, 0.2) is 5.01 Å². The molecule has 1 aliphatic rings. The lowest BCUT2D eigenvalue weighted by atomic mass is 10.2. The van der Waals surface area contributed by atoms with E-state index in [1.54, 1.807) is 0 Å². The van der Waals surface area contributed by atoms with Crippen LogP contribution in [0.1, 0.15) is 28.8 Å². The maximum Gasteiger partial charge on any atom is 0.443 e. The Labute approximate surface area is 98.5 Å². The van der Waals surface area contributed by atoms with Crippen molar-refractivity contribution in [2.45, 2.75) is 31.1 Å². The van der Waals surface area contributed by atoms with E-state index in [1.807, 2.05) is 0 Å². The van der Waals surface area contributed by atoms with Crippen molar-refractivity contribution in [1.29, 1.82) is 0 Å². The monoisotopic (exact) mass is 266 g/mol. The minimum atomic E-state index is -4.44. The fraction of sp³-hybridized carbons (Fsp3) is 0.556. The van der Waals surface area contributed by atoms with Gasteiger partial charge < -0.3 is 5.11 Å². The van der Waals surface area contributed by atoms with Crippen molar-refractivity contribution in [2.75, 3.05) is 0 Å². The zero-order valence-corrected chi connectivity index (χ0v) is 9.31. The van der Waals surface area contributed by atoms with Crippen LogP contribution in [0.25, 0.3) is 0 Å². The highest BCUT2D eigenvalue weighted by molar-refractivity contribution is 7.11. The molecule has 2 heterocycles. The molecule has 2 N–H and O–H groups in total. The van der Waals surface area contributed by atoms with Crippen LogP contribution in [0.2, 0.25) is 0 Å². The van der Waals surface area contributed by atoms with Crippen LogP contribution in [0.5, 0.6) is 0 Å². The van der Waals surface area contributed by atoms with Crippen LogP contribution < -0.4 is 5.32 Å². The molecule has 2 unspecified atom stereocenters. The standard InChI is InChI=1S/C9H9F3N2O2S/c10-9(11,12)8-13-3-6(17-8)4-1-2-5(14-4)7(15)16/h3-5,14H,1-2H2,(H,15,16). The number of carboxylic acid groups (broad SMARTS) is 1. The van der Waals surface area contributed by atoms with E-state index in [4.69, 9.17) is 5.11 Å². The maximum absolute atomic E-state index is 12.3. The van der Waals surface area contributed by atoms with Gasteiger partial charge in [-0.15, -0.1) is 11.3 Å². The molecule has 1 fully saturated rings. The van der Waals surface area contributed by atoms with E-state index in [0.29, 0.717) is 29.1 Å². The van der Waals surface area contributed by atoms with Gasteiger partial charge in [-0.1, -0.05) is 0 Å². The van der Waals surface area contributed by atoms with E-state index in [2.05, 4.69) is 10.3 Å². The van der Waals surface area contributed by atoms with Crippen molar-refractivity contribution in [3.05, 3.63) is 16.1 Å². The van der Waals surface area contributed by atoms with Crippen LogP contribution in [-0.2, 0) is 11.0 Å². The Kier molecular flexibility index (Phi) is 3.09. The van der Waals surface area contributed by atoms with Crippen LogP contribution in [-0.4, -0.2) is 22.1 Å². The smallest absolute Gasteiger partial charge is 0.443 e. The number of hydrogen-bond acceptors (Lipinski definition) is 4. The van der Waals surface area contributed by atoms with Crippen molar-refractivity contribution in [1.82, 2.24) is 10.3 Å². The first-order chi connectivity index (χ1) is 7.88. The van der Waals surface area contributed by atoms with Crippen LogP contribution in [0.3, 0.4) is 0 Å². The molecule has 0 spiro atoms. The summed E-state index contributed by atoms with van der Waals surface area (Å²) in [6, 6.07) is -1.03. The Morgan fingerprint density at radius 3 is 2.71 bits per heavy atom. The number of thiazole rings is 1. The molecular formula is C9H9F3N2O2S. The predicted molar refractivity (Wildman–Crippen MR) is 53.7 cm³/mol. The van der Waals surface area contributed by atoms with Gasteiger partial charge in [0, 0.05) is 17.1 Å². The van der Waals surface area contributed by atoms with E-state index in [1.165, 1.54) is 0 Å². The number of aromatic nitrogens is 1. The van der Waals surface area contributed by atoms with Crippen molar-refractivity contribution < 1.29 is 23.1 Å². The Balaban J connectivity index is 2.10. The average molecular weight is 266 g/mol. The van der Waals surface area contributed by atoms with E-state index in [-0.39, 0.29) is 6.04 Å². The Hall–Kier alpha value is -1.15. The van der Waals surface area contributed by atoms with Gasteiger partial charge in [0.25, 0.3) is 0 Å². The number of rotatable bonds is 2. The molecule has 0 bridgehead atoms. The molecule has 2 atom stereocenters. The molecular weight excluding hydrogens is 257 g/mol.